The van der Waals surface area contributed by atoms with Gasteiger partial charge in [-0.15, -0.1) is 0 Å². The van der Waals surface area contributed by atoms with E-state index in [1.54, 1.807) is 12.4 Å². The van der Waals surface area contributed by atoms with Crippen LogP contribution in [0, 0.1) is 13.8 Å². The smallest absolute Gasteiger partial charge is 0.331 e. The number of aromatic nitrogens is 1. The molecule has 0 radical (unpaired) electrons. The second kappa shape index (κ2) is 9.74. The molecule has 1 heterocycles. The normalized spacial score (nSPS) is 15.7. The third kappa shape index (κ3) is 4.99. The van der Waals surface area contributed by atoms with Crippen molar-refractivity contribution in [3.63, 3.8) is 0 Å². The van der Waals surface area contributed by atoms with Crippen LogP contribution in [0.15, 0.2) is 36.7 Å². The van der Waals surface area contributed by atoms with E-state index in [1.807, 2.05) is 38.1 Å². The van der Waals surface area contributed by atoms with Crippen LogP contribution in [-0.2, 0) is 16.1 Å². The van der Waals surface area contributed by atoms with E-state index in [0.717, 1.165) is 48.1 Å². The number of nitrogens with one attached hydrogen (secondary N) is 1. The Bertz CT molecular complexity index is 864. The van der Waals surface area contributed by atoms with Gasteiger partial charge in [0.05, 0.1) is 7.11 Å². The van der Waals surface area contributed by atoms with Crippen LogP contribution in [0.5, 0.6) is 5.75 Å². The van der Waals surface area contributed by atoms with Crippen molar-refractivity contribution in [1.29, 1.82) is 0 Å². The Labute approximate surface area is 178 Å². The molecule has 160 valence electrons. The Hall–Kier alpha value is -2.89. The highest BCUT2D eigenvalue weighted by Crippen LogP contribution is 2.30. The second-order valence-corrected chi connectivity index (χ2v) is 8.03. The summed E-state index contributed by atoms with van der Waals surface area (Å²) in [7, 11) is 1.38. The summed E-state index contributed by atoms with van der Waals surface area (Å²) < 4.78 is 11.0. The molecular formula is C24H30N2O4. The molecule has 1 N–H and O–H groups in total. The van der Waals surface area contributed by atoms with Gasteiger partial charge in [0.1, 0.15) is 17.9 Å². The Balaban J connectivity index is 1.77. The van der Waals surface area contributed by atoms with Gasteiger partial charge in [-0.2, -0.15) is 0 Å². The quantitative estimate of drug-likeness (QED) is 0.568. The number of pyridine rings is 1. The van der Waals surface area contributed by atoms with Crippen LogP contribution in [0.2, 0.25) is 0 Å². The van der Waals surface area contributed by atoms with Crippen LogP contribution in [0.25, 0.3) is 0 Å². The lowest BCUT2D eigenvalue weighted by molar-refractivity contribution is -0.148. The highest BCUT2D eigenvalue weighted by atomic mass is 16.5. The van der Waals surface area contributed by atoms with E-state index >= 15 is 0 Å². The van der Waals surface area contributed by atoms with Gasteiger partial charge in [-0.3, -0.25) is 9.78 Å². The summed E-state index contributed by atoms with van der Waals surface area (Å²) >= 11 is 0. The van der Waals surface area contributed by atoms with E-state index < -0.39 is 5.54 Å². The predicted octanol–water partition coefficient (Wildman–Crippen LogP) is 4.27. The lowest BCUT2D eigenvalue weighted by atomic mass is 9.89. The maximum Gasteiger partial charge on any atom is 0.331 e. The van der Waals surface area contributed by atoms with Crippen LogP contribution < -0.4 is 10.1 Å². The van der Waals surface area contributed by atoms with Crippen LogP contribution in [0.4, 0.5) is 0 Å². The Morgan fingerprint density at radius 1 is 1.10 bits per heavy atom. The molecule has 1 fully saturated rings. The first-order valence-electron chi connectivity index (χ1n) is 10.5. The number of aryl methyl sites for hydroxylation is 2. The van der Waals surface area contributed by atoms with Crippen molar-refractivity contribution in [2.45, 2.75) is 64.5 Å². The molecule has 6 nitrogen and oxygen atoms in total. The first-order chi connectivity index (χ1) is 14.4. The Morgan fingerprint density at radius 2 is 1.77 bits per heavy atom. The minimum atomic E-state index is -0.945. The van der Waals surface area contributed by atoms with Crippen molar-refractivity contribution in [2.24, 2.45) is 0 Å². The van der Waals surface area contributed by atoms with Gasteiger partial charge in [-0.25, -0.2) is 4.79 Å². The largest absolute Gasteiger partial charge is 0.488 e. The number of methoxy groups -OCH3 is 1. The van der Waals surface area contributed by atoms with Gasteiger partial charge in [0, 0.05) is 23.5 Å². The molecule has 0 bridgehead atoms. The molecule has 0 spiro atoms. The number of nitrogens with zero attached hydrogens (tertiary/aromatic N) is 1. The minimum Gasteiger partial charge on any atom is -0.488 e. The van der Waals surface area contributed by atoms with Gasteiger partial charge in [-0.05, 0) is 56.0 Å². The van der Waals surface area contributed by atoms with Crippen LogP contribution in [0.1, 0.15) is 65.6 Å². The van der Waals surface area contributed by atoms with Crippen molar-refractivity contribution in [2.75, 3.05) is 7.11 Å². The molecule has 1 aromatic heterocycles. The number of ether oxygens (including phenoxy) is 2. The summed E-state index contributed by atoms with van der Waals surface area (Å²) in [4.78, 5) is 29.7. The summed E-state index contributed by atoms with van der Waals surface area (Å²) in [6, 6.07) is 7.44. The second-order valence-electron chi connectivity index (χ2n) is 8.03. The maximum absolute atomic E-state index is 13.1. The molecule has 0 unspecified atom stereocenters. The first-order valence-corrected chi connectivity index (χ1v) is 10.5. The third-order valence-electron chi connectivity index (χ3n) is 5.71. The molecular weight excluding hydrogens is 380 g/mol. The monoisotopic (exact) mass is 410 g/mol. The molecule has 3 rings (SSSR count). The molecule has 0 atom stereocenters. The molecule has 6 heteroatoms. The molecule has 1 amide bonds. The first kappa shape index (κ1) is 21.8. The molecule has 1 aliphatic rings. The van der Waals surface area contributed by atoms with Gasteiger partial charge >= 0.3 is 5.97 Å². The zero-order valence-corrected chi connectivity index (χ0v) is 18.0. The highest BCUT2D eigenvalue weighted by Gasteiger charge is 2.41. The predicted molar refractivity (Wildman–Crippen MR) is 114 cm³/mol. The molecule has 2 aromatic rings. The van der Waals surface area contributed by atoms with Gasteiger partial charge in [-0.1, -0.05) is 31.7 Å². The summed E-state index contributed by atoms with van der Waals surface area (Å²) in [6.07, 6.45) is 8.63. The van der Waals surface area contributed by atoms with Crippen molar-refractivity contribution in [3.05, 3.63) is 58.9 Å². The maximum atomic E-state index is 13.1. The fraction of sp³-hybridized carbons (Fsp3) is 0.458. The van der Waals surface area contributed by atoms with Crippen LogP contribution in [0.3, 0.4) is 0 Å². The standard InChI is InChI=1S/C24H30N2O4/c1-17-13-20(14-18(2)21(17)30-16-19-9-8-12-25-15-19)22(27)26-24(23(28)29-3)10-6-4-5-7-11-24/h8-9,12-15H,4-7,10-11,16H2,1-3H3,(H,26,27). The number of amides is 1. The van der Waals surface area contributed by atoms with E-state index in [9.17, 15) is 9.59 Å². The summed E-state index contributed by atoms with van der Waals surface area (Å²) in [6.45, 7) is 4.25. The van der Waals surface area contributed by atoms with Gasteiger partial charge in [0.15, 0.2) is 0 Å². The topological polar surface area (TPSA) is 77.5 Å². The van der Waals surface area contributed by atoms with E-state index in [-0.39, 0.29) is 11.9 Å². The van der Waals surface area contributed by atoms with E-state index in [2.05, 4.69) is 10.3 Å². The lowest BCUT2D eigenvalue weighted by Gasteiger charge is -2.31. The van der Waals surface area contributed by atoms with Crippen LogP contribution in [-0.4, -0.2) is 29.5 Å². The molecule has 1 aliphatic carbocycles. The molecule has 1 aromatic carbocycles. The lowest BCUT2D eigenvalue weighted by Crippen LogP contribution is -2.54. The minimum absolute atomic E-state index is 0.257. The van der Waals surface area contributed by atoms with E-state index in [4.69, 9.17) is 9.47 Å². The fourth-order valence-electron chi connectivity index (χ4n) is 4.15. The fourth-order valence-corrected chi connectivity index (χ4v) is 4.15. The van der Waals surface area contributed by atoms with Gasteiger partial charge in [0.2, 0.25) is 0 Å². The summed E-state index contributed by atoms with van der Waals surface area (Å²) in [5.74, 6) is 0.141. The summed E-state index contributed by atoms with van der Waals surface area (Å²) in [5.41, 5.74) is 2.30. The molecule has 0 saturated heterocycles. The number of hydrogen-bond donors (Lipinski definition) is 1. The van der Waals surface area contributed by atoms with Crippen molar-refractivity contribution in [3.8, 4) is 5.75 Å². The number of benzene rings is 1. The zero-order valence-electron chi connectivity index (χ0n) is 18.0. The number of carbonyl (C=O) groups is 2. The zero-order chi connectivity index (χ0) is 21.6. The number of hydrogen-bond acceptors (Lipinski definition) is 5. The third-order valence-corrected chi connectivity index (χ3v) is 5.71. The molecule has 30 heavy (non-hydrogen) atoms. The van der Waals surface area contributed by atoms with E-state index in [0.29, 0.717) is 25.0 Å². The number of esters is 1. The Kier molecular flexibility index (Phi) is 7.08. The van der Waals surface area contributed by atoms with Crippen LogP contribution >= 0.6 is 0 Å². The van der Waals surface area contributed by atoms with E-state index in [1.165, 1.54) is 7.11 Å². The SMILES string of the molecule is COC(=O)C1(NC(=O)c2cc(C)c(OCc3cccnc3)c(C)c2)CCCCCC1. The average molecular weight is 411 g/mol. The highest BCUT2D eigenvalue weighted by molar-refractivity contribution is 5.98. The summed E-state index contributed by atoms with van der Waals surface area (Å²) in [5, 5.41) is 3.01. The molecule has 0 aliphatic heterocycles. The Morgan fingerprint density at radius 3 is 2.33 bits per heavy atom. The van der Waals surface area contributed by atoms with Crippen molar-refractivity contribution in [1.82, 2.24) is 10.3 Å². The van der Waals surface area contributed by atoms with Crippen molar-refractivity contribution < 1.29 is 19.1 Å². The average Bonchev–Trinajstić information content (AvgIpc) is 2.99. The van der Waals surface area contributed by atoms with Gasteiger partial charge in [0.25, 0.3) is 5.91 Å². The van der Waals surface area contributed by atoms with Gasteiger partial charge < -0.3 is 14.8 Å². The number of carbonyl (C=O) groups excluding carboxylic acids is 2. The number of rotatable bonds is 6. The van der Waals surface area contributed by atoms with Crippen molar-refractivity contribution >= 4 is 11.9 Å². The molecule has 1 saturated carbocycles.